The Morgan fingerprint density at radius 3 is 3.00 bits per heavy atom. The van der Waals surface area contributed by atoms with Crippen molar-refractivity contribution in [2.24, 2.45) is 0 Å². The van der Waals surface area contributed by atoms with E-state index in [0.717, 1.165) is 5.39 Å². The molecule has 0 aromatic carbocycles. The van der Waals surface area contributed by atoms with Crippen molar-refractivity contribution in [3.8, 4) is 0 Å². The predicted molar refractivity (Wildman–Crippen MR) is 46.5 cm³/mol. The molecule has 0 aliphatic carbocycles. The molecule has 1 N–H and O–H groups in total. The Balaban J connectivity index is 2.69. The zero-order valence-electron chi connectivity index (χ0n) is 6.64. The molecule has 0 spiro atoms. The minimum atomic E-state index is -1.02. The van der Waals surface area contributed by atoms with E-state index in [1.807, 2.05) is 0 Å². The largest absolute Gasteiger partial charge is 0.477 e. The van der Waals surface area contributed by atoms with Gasteiger partial charge in [-0.1, -0.05) is 6.07 Å². The zero-order valence-corrected chi connectivity index (χ0v) is 6.64. The van der Waals surface area contributed by atoms with Crippen LogP contribution in [-0.2, 0) is 0 Å². The molecule has 2 rings (SSSR count). The number of hydrogen-bond donors (Lipinski definition) is 1. The summed E-state index contributed by atoms with van der Waals surface area (Å²) < 4.78 is 0. The molecule has 4 heteroatoms. The Morgan fingerprint density at radius 2 is 2.23 bits per heavy atom. The molecule has 0 aliphatic rings. The molecule has 0 radical (unpaired) electrons. The Bertz CT molecular complexity index is 468. The van der Waals surface area contributed by atoms with E-state index in [9.17, 15) is 4.79 Å². The van der Waals surface area contributed by atoms with E-state index in [1.165, 1.54) is 12.3 Å². The van der Waals surface area contributed by atoms with E-state index in [2.05, 4.69) is 9.97 Å². The normalized spacial score (nSPS) is 10.2. The maximum absolute atomic E-state index is 10.6. The lowest BCUT2D eigenvalue weighted by Gasteiger charge is -1.96. The Hall–Kier alpha value is -1.97. The number of rotatable bonds is 1. The molecule has 0 saturated heterocycles. The quantitative estimate of drug-likeness (QED) is 0.708. The van der Waals surface area contributed by atoms with Gasteiger partial charge in [-0.15, -0.1) is 0 Å². The minimum absolute atomic E-state index is 0.0421. The second kappa shape index (κ2) is 2.82. The third-order valence-electron chi connectivity index (χ3n) is 1.71. The molecule has 4 nitrogen and oxygen atoms in total. The maximum atomic E-state index is 10.6. The number of hydrogen-bond acceptors (Lipinski definition) is 3. The van der Waals surface area contributed by atoms with E-state index in [4.69, 9.17) is 5.11 Å². The molecule has 64 valence electrons. The number of carboxylic acids is 1. The third kappa shape index (κ3) is 1.33. The molecule has 0 saturated carbocycles. The second-order valence-corrected chi connectivity index (χ2v) is 2.57. The van der Waals surface area contributed by atoms with Gasteiger partial charge in [0.05, 0.1) is 11.7 Å². The number of pyridine rings is 2. The number of nitrogens with zero attached hydrogens (tertiary/aromatic N) is 2. The number of carbonyl (C=O) groups is 1. The Labute approximate surface area is 73.9 Å². The average Bonchev–Trinajstić information content (AvgIpc) is 2.17. The average molecular weight is 174 g/mol. The van der Waals surface area contributed by atoms with Crippen molar-refractivity contribution in [3.63, 3.8) is 0 Å². The first kappa shape index (κ1) is 7.67. The van der Waals surface area contributed by atoms with Crippen LogP contribution in [0.15, 0.2) is 30.6 Å². The summed E-state index contributed by atoms with van der Waals surface area (Å²) in [7, 11) is 0. The van der Waals surface area contributed by atoms with E-state index < -0.39 is 5.97 Å². The molecule has 0 atom stereocenters. The topological polar surface area (TPSA) is 63.1 Å². The van der Waals surface area contributed by atoms with Crippen molar-refractivity contribution in [3.05, 3.63) is 36.3 Å². The van der Waals surface area contributed by atoms with Crippen LogP contribution in [0.1, 0.15) is 10.5 Å². The molecule has 2 heterocycles. The maximum Gasteiger partial charge on any atom is 0.354 e. The van der Waals surface area contributed by atoms with Crippen molar-refractivity contribution in [1.82, 2.24) is 9.97 Å². The van der Waals surface area contributed by atoms with Gasteiger partial charge in [-0.3, -0.25) is 4.98 Å². The first-order valence-electron chi connectivity index (χ1n) is 3.71. The standard InChI is InChI=1S/C9H6N2O2/c12-9(13)7-4-6-2-1-3-10-8(6)5-11-7/h1-5H,(H,12,13). The van der Waals surface area contributed by atoms with E-state index in [1.54, 1.807) is 18.3 Å². The lowest BCUT2D eigenvalue weighted by Crippen LogP contribution is -1.99. The molecule has 0 aliphatic heterocycles. The van der Waals surface area contributed by atoms with Crippen molar-refractivity contribution in [1.29, 1.82) is 0 Å². The SMILES string of the molecule is O=C(O)c1cc2cccnc2cn1. The Kier molecular flexibility index (Phi) is 1.66. The van der Waals surface area contributed by atoms with Crippen LogP contribution in [0.25, 0.3) is 10.9 Å². The Morgan fingerprint density at radius 1 is 1.38 bits per heavy atom. The monoisotopic (exact) mass is 174 g/mol. The van der Waals surface area contributed by atoms with Gasteiger partial charge >= 0.3 is 5.97 Å². The van der Waals surface area contributed by atoms with Crippen molar-refractivity contribution >= 4 is 16.9 Å². The van der Waals surface area contributed by atoms with Crippen LogP contribution in [0.2, 0.25) is 0 Å². The van der Waals surface area contributed by atoms with Gasteiger partial charge in [0.15, 0.2) is 0 Å². The third-order valence-corrected chi connectivity index (χ3v) is 1.71. The van der Waals surface area contributed by atoms with Crippen LogP contribution in [-0.4, -0.2) is 21.0 Å². The van der Waals surface area contributed by atoms with E-state index >= 15 is 0 Å². The lowest BCUT2D eigenvalue weighted by atomic mass is 10.2. The highest BCUT2D eigenvalue weighted by Gasteiger charge is 2.04. The zero-order chi connectivity index (χ0) is 9.26. The van der Waals surface area contributed by atoms with Crippen molar-refractivity contribution < 1.29 is 9.90 Å². The smallest absolute Gasteiger partial charge is 0.354 e. The molecule has 13 heavy (non-hydrogen) atoms. The van der Waals surface area contributed by atoms with Crippen LogP contribution >= 0.6 is 0 Å². The summed E-state index contributed by atoms with van der Waals surface area (Å²) in [5, 5.41) is 9.45. The van der Waals surface area contributed by atoms with Crippen LogP contribution < -0.4 is 0 Å². The van der Waals surface area contributed by atoms with Crippen LogP contribution in [0, 0.1) is 0 Å². The highest BCUT2D eigenvalue weighted by molar-refractivity contribution is 5.90. The molecule has 0 bridgehead atoms. The van der Waals surface area contributed by atoms with Crippen LogP contribution in [0.5, 0.6) is 0 Å². The number of aromatic nitrogens is 2. The fourth-order valence-corrected chi connectivity index (χ4v) is 1.09. The van der Waals surface area contributed by atoms with Gasteiger partial charge in [0, 0.05) is 11.6 Å². The van der Waals surface area contributed by atoms with E-state index in [-0.39, 0.29) is 5.69 Å². The number of fused-ring (bicyclic) bond motifs is 1. The van der Waals surface area contributed by atoms with Gasteiger partial charge < -0.3 is 5.11 Å². The van der Waals surface area contributed by atoms with Gasteiger partial charge in [-0.2, -0.15) is 0 Å². The highest BCUT2D eigenvalue weighted by atomic mass is 16.4. The van der Waals surface area contributed by atoms with Crippen molar-refractivity contribution in [2.75, 3.05) is 0 Å². The van der Waals surface area contributed by atoms with E-state index in [0.29, 0.717) is 5.52 Å². The van der Waals surface area contributed by atoms with Gasteiger partial charge in [0.25, 0.3) is 0 Å². The summed E-state index contributed by atoms with van der Waals surface area (Å²) in [4.78, 5) is 18.3. The second-order valence-electron chi connectivity index (χ2n) is 2.57. The number of carboxylic acid groups (broad SMARTS) is 1. The summed E-state index contributed by atoms with van der Waals surface area (Å²) in [6.45, 7) is 0. The lowest BCUT2D eigenvalue weighted by molar-refractivity contribution is 0.0691. The molecule has 0 amide bonds. The van der Waals surface area contributed by atoms with Gasteiger partial charge in [0.2, 0.25) is 0 Å². The highest BCUT2D eigenvalue weighted by Crippen LogP contribution is 2.10. The van der Waals surface area contributed by atoms with Crippen molar-refractivity contribution in [2.45, 2.75) is 0 Å². The first-order valence-corrected chi connectivity index (χ1v) is 3.71. The summed E-state index contributed by atoms with van der Waals surface area (Å²) in [5.74, 6) is -1.02. The summed E-state index contributed by atoms with van der Waals surface area (Å²) in [6.07, 6.45) is 3.10. The van der Waals surface area contributed by atoms with Crippen LogP contribution in [0.3, 0.4) is 0 Å². The fraction of sp³-hybridized carbons (Fsp3) is 0. The molecule has 0 unspecified atom stereocenters. The van der Waals surface area contributed by atoms with Gasteiger partial charge in [0.1, 0.15) is 5.69 Å². The molecular weight excluding hydrogens is 168 g/mol. The minimum Gasteiger partial charge on any atom is -0.477 e. The van der Waals surface area contributed by atoms with Gasteiger partial charge in [-0.25, -0.2) is 9.78 Å². The van der Waals surface area contributed by atoms with Crippen LogP contribution in [0.4, 0.5) is 0 Å². The first-order chi connectivity index (χ1) is 6.27. The van der Waals surface area contributed by atoms with Gasteiger partial charge in [-0.05, 0) is 12.1 Å². The summed E-state index contributed by atoms with van der Waals surface area (Å²) in [5.41, 5.74) is 0.744. The number of aromatic carboxylic acids is 1. The molecule has 2 aromatic rings. The fourth-order valence-electron chi connectivity index (χ4n) is 1.09. The summed E-state index contributed by atoms with van der Waals surface area (Å²) in [6, 6.07) is 5.06. The predicted octanol–water partition coefficient (Wildman–Crippen LogP) is 1.33. The molecule has 2 aromatic heterocycles. The molecular formula is C9H6N2O2. The molecule has 0 fully saturated rings. The summed E-state index contributed by atoms with van der Waals surface area (Å²) >= 11 is 0.